The number of hydrogen-bond donors (Lipinski definition) is 1. The third-order valence-corrected chi connectivity index (χ3v) is 2.32. The Hall–Kier alpha value is -1.44. The zero-order valence-electron chi connectivity index (χ0n) is 8.79. The van der Waals surface area contributed by atoms with Gasteiger partial charge in [-0.1, -0.05) is 6.08 Å². The van der Waals surface area contributed by atoms with Gasteiger partial charge in [-0.2, -0.15) is 0 Å². The molecular weight excluding hydrogens is 174 g/mol. The number of anilines is 1. The van der Waals surface area contributed by atoms with Gasteiger partial charge in [0, 0.05) is 5.56 Å². The Balaban J connectivity index is 2.56. The fourth-order valence-electron chi connectivity index (χ4n) is 1.66. The van der Waals surface area contributed by atoms with Crippen LogP contribution in [0.3, 0.4) is 0 Å². The predicted octanol–water partition coefficient (Wildman–Crippen LogP) is 2.76. The Morgan fingerprint density at radius 1 is 1.29 bits per heavy atom. The highest BCUT2D eigenvalue weighted by Crippen LogP contribution is 2.36. The van der Waals surface area contributed by atoms with E-state index in [2.05, 4.69) is 12.1 Å². The van der Waals surface area contributed by atoms with Crippen LogP contribution < -0.4 is 10.5 Å². The topological polar surface area (TPSA) is 35.2 Å². The summed E-state index contributed by atoms with van der Waals surface area (Å²) in [6.45, 7) is 6.07. The van der Waals surface area contributed by atoms with Crippen molar-refractivity contribution < 1.29 is 4.74 Å². The monoisotopic (exact) mass is 189 g/mol. The summed E-state index contributed by atoms with van der Waals surface area (Å²) in [5.41, 5.74) is 8.60. The second-order valence-corrected chi connectivity index (χ2v) is 4.31. The molecule has 2 N–H and O–H groups in total. The van der Waals surface area contributed by atoms with Crippen LogP contribution in [0.5, 0.6) is 5.75 Å². The van der Waals surface area contributed by atoms with Crippen molar-refractivity contribution in [2.45, 2.75) is 26.4 Å². The summed E-state index contributed by atoms with van der Waals surface area (Å²) < 4.78 is 5.79. The van der Waals surface area contributed by atoms with Crippen molar-refractivity contribution in [1.82, 2.24) is 0 Å². The standard InChI is InChI=1S/C12H15NO/c1-8-6-9-4-5-12(2,3)14-11(9)10(13)7-8/h4-7H,13H2,1-3H3. The molecule has 2 heteroatoms. The second kappa shape index (κ2) is 2.77. The molecule has 2 rings (SSSR count). The van der Waals surface area contributed by atoms with E-state index in [1.165, 1.54) is 0 Å². The lowest BCUT2D eigenvalue weighted by molar-refractivity contribution is 0.160. The van der Waals surface area contributed by atoms with E-state index in [1.807, 2.05) is 32.9 Å². The van der Waals surface area contributed by atoms with E-state index in [1.54, 1.807) is 0 Å². The molecule has 1 aromatic carbocycles. The molecule has 0 spiro atoms. The first-order valence-corrected chi connectivity index (χ1v) is 4.76. The highest BCUT2D eigenvalue weighted by atomic mass is 16.5. The maximum absolute atomic E-state index is 5.90. The van der Waals surface area contributed by atoms with Gasteiger partial charge in [0.15, 0.2) is 5.75 Å². The summed E-state index contributed by atoms with van der Waals surface area (Å²) in [7, 11) is 0. The Bertz CT molecular complexity index is 405. The maximum Gasteiger partial charge on any atom is 0.150 e. The van der Waals surface area contributed by atoms with Crippen molar-refractivity contribution in [3.05, 3.63) is 29.3 Å². The van der Waals surface area contributed by atoms with Crippen LogP contribution in [0.15, 0.2) is 18.2 Å². The predicted molar refractivity (Wildman–Crippen MR) is 59.3 cm³/mol. The van der Waals surface area contributed by atoms with Gasteiger partial charge in [0.25, 0.3) is 0 Å². The summed E-state index contributed by atoms with van der Waals surface area (Å²) in [5, 5.41) is 0. The molecule has 0 atom stereocenters. The van der Waals surface area contributed by atoms with Crippen LogP contribution in [0.4, 0.5) is 5.69 Å². The summed E-state index contributed by atoms with van der Waals surface area (Å²) in [5.74, 6) is 0.808. The lowest BCUT2D eigenvalue weighted by Crippen LogP contribution is -2.28. The Labute approximate surface area is 84.4 Å². The Morgan fingerprint density at radius 3 is 2.71 bits per heavy atom. The minimum Gasteiger partial charge on any atom is -0.481 e. The average molecular weight is 189 g/mol. The maximum atomic E-state index is 5.90. The van der Waals surface area contributed by atoms with Crippen LogP contribution in [-0.2, 0) is 0 Å². The van der Waals surface area contributed by atoms with Gasteiger partial charge < -0.3 is 10.5 Å². The van der Waals surface area contributed by atoms with E-state index < -0.39 is 0 Å². The van der Waals surface area contributed by atoms with Gasteiger partial charge in [0.1, 0.15) is 5.60 Å². The van der Waals surface area contributed by atoms with Crippen LogP contribution in [0.1, 0.15) is 25.0 Å². The van der Waals surface area contributed by atoms with E-state index in [0.717, 1.165) is 22.6 Å². The molecule has 0 saturated carbocycles. The fraction of sp³-hybridized carbons (Fsp3) is 0.333. The molecule has 1 aliphatic heterocycles. The second-order valence-electron chi connectivity index (χ2n) is 4.31. The average Bonchev–Trinajstić information content (AvgIpc) is 2.06. The smallest absolute Gasteiger partial charge is 0.150 e. The molecule has 0 saturated heterocycles. The zero-order chi connectivity index (χ0) is 10.3. The van der Waals surface area contributed by atoms with Gasteiger partial charge in [-0.15, -0.1) is 0 Å². The summed E-state index contributed by atoms with van der Waals surface area (Å²) in [4.78, 5) is 0. The lowest BCUT2D eigenvalue weighted by atomic mass is 10.0. The minimum atomic E-state index is -0.254. The van der Waals surface area contributed by atoms with Crippen LogP contribution in [0, 0.1) is 6.92 Å². The Kier molecular flexibility index (Phi) is 1.81. The summed E-state index contributed by atoms with van der Waals surface area (Å²) >= 11 is 0. The van der Waals surface area contributed by atoms with E-state index in [-0.39, 0.29) is 5.60 Å². The largest absolute Gasteiger partial charge is 0.481 e. The number of nitrogen functional groups attached to an aromatic ring is 1. The van der Waals surface area contributed by atoms with Gasteiger partial charge >= 0.3 is 0 Å². The van der Waals surface area contributed by atoms with E-state index >= 15 is 0 Å². The molecule has 0 fully saturated rings. The normalized spacial score (nSPS) is 17.4. The van der Waals surface area contributed by atoms with Gasteiger partial charge in [0.05, 0.1) is 5.69 Å². The van der Waals surface area contributed by atoms with Crippen molar-refractivity contribution >= 4 is 11.8 Å². The molecule has 0 bridgehead atoms. The number of ether oxygens (including phenoxy) is 1. The van der Waals surface area contributed by atoms with Crippen molar-refractivity contribution in [3.63, 3.8) is 0 Å². The van der Waals surface area contributed by atoms with Crippen LogP contribution >= 0.6 is 0 Å². The lowest BCUT2D eigenvalue weighted by Gasteiger charge is -2.28. The summed E-state index contributed by atoms with van der Waals surface area (Å²) in [6, 6.07) is 4.02. The third kappa shape index (κ3) is 1.48. The molecule has 0 radical (unpaired) electrons. The Morgan fingerprint density at radius 2 is 2.00 bits per heavy atom. The van der Waals surface area contributed by atoms with E-state index in [0.29, 0.717) is 0 Å². The molecule has 0 unspecified atom stereocenters. The molecule has 0 aromatic heterocycles. The molecule has 1 aromatic rings. The van der Waals surface area contributed by atoms with Crippen molar-refractivity contribution in [1.29, 1.82) is 0 Å². The SMILES string of the molecule is Cc1cc(N)c2c(c1)C=CC(C)(C)O2. The molecule has 74 valence electrons. The number of benzene rings is 1. The molecular formula is C12H15NO. The number of aryl methyl sites for hydroxylation is 1. The molecule has 0 amide bonds. The summed E-state index contributed by atoms with van der Waals surface area (Å²) in [6.07, 6.45) is 4.12. The first-order valence-electron chi connectivity index (χ1n) is 4.76. The highest BCUT2D eigenvalue weighted by Gasteiger charge is 2.23. The van der Waals surface area contributed by atoms with Crippen LogP contribution in [0.25, 0.3) is 6.08 Å². The number of rotatable bonds is 0. The van der Waals surface area contributed by atoms with Gasteiger partial charge in [-0.05, 0) is 44.5 Å². The molecule has 0 aliphatic carbocycles. The van der Waals surface area contributed by atoms with Crippen molar-refractivity contribution in [3.8, 4) is 5.75 Å². The van der Waals surface area contributed by atoms with Crippen LogP contribution in [0.2, 0.25) is 0 Å². The van der Waals surface area contributed by atoms with E-state index in [9.17, 15) is 0 Å². The van der Waals surface area contributed by atoms with Gasteiger partial charge in [0.2, 0.25) is 0 Å². The first kappa shape index (κ1) is 9.13. The minimum absolute atomic E-state index is 0.254. The van der Waals surface area contributed by atoms with Crippen molar-refractivity contribution in [2.24, 2.45) is 0 Å². The molecule has 1 aliphatic rings. The zero-order valence-corrected chi connectivity index (χ0v) is 8.79. The molecule has 14 heavy (non-hydrogen) atoms. The van der Waals surface area contributed by atoms with Gasteiger partial charge in [-0.25, -0.2) is 0 Å². The third-order valence-electron chi connectivity index (χ3n) is 2.32. The highest BCUT2D eigenvalue weighted by molar-refractivity contribution is 5.71. The molecule has 2 nitrogen and oxygen atoms in total. The molecule has 1 heterocycles. The van der Waals surface area contributed by atoms with Crippen molar-refractivity contribution in [2.75, 3.05) is 5.73 Å². The number of nitrogens with two attached hydrogens (primary N) is 1. The van der Waals surface area contributed by atoms with Crippen LogP contribution in [-0.4, -0.2) is 5.60 Å². The first-order chi connectivity index (χ1) is 6.48. The fourth-order valence-corrected chi connectivity index (χ4v) is 1.66. The quantitative estimate of drug-likeness (QED) is 0.637. The van der Waals surface area contributed by atoms with Gasteiger partial charge in [-0.3, -0.25) is 0 Å². The number of hydrogen-bond acceptors (Lipinski definition) is 2. The number of fused-ring (bicyclic) bond motifs is 1. The van der Waals surface area contributed by atoms with E-state index in [4.69, 9.17) is 10.5 Å².